The molecular formula is C23H23Cl2N3O5S2. The lowest BCUT2D eigenvalue weighted by Crippen LogP contribution is -2.31. The number of hydrogen-bond donors (Lipinski definition) is 1. The summed E-state index contributed by atoms with van der Waals surface area (Å²) >= 11 is 13.2. The van der Waals surface area contributed by atoms with Crippen LogP contribution in [0.2, 0.25) is 10.0 Å². The molecule has 0 radical (unpaired) electrons. The normalized spacial score (nSPS) is 12.4. The van der Waals surface area contributed by atoms with Crippen molar-refractivity contribution in [2.45, 2.75) is 31.8 Å². The van der Waals surface area contributed by atoms with Gasteiger partial charge in [-0.15, -0.1) is 11.3 Å². The first-order chi connectivity index (χ1) is 16.6. The van der Waals surface area contributed by atoms with E-state index in [1.165, 1.54) is 46.8 Å². The second kappa shape index (κ2) is 11.5. The van der Waals surface area contributed by atoms with Gasteiger partial charge in [-0.25, -0.2) is 18.2 Å². The van der Waals surface area contributed by atoms with E-state index in [2.05, 4.69) is 10.3 Å². The molecule has 3 rings (SSSR count). The number of anilines is 1. The summed E-state index contributed by atoms with van der Waals surface area (Å²) in [4.78, 5) is 29.4. The molecule has 8 nitrogen and oxygen atoms in total. The second-order valence-corrected chi connectivity index (χ2v) is 10.9. The molecule has 0 aliphatic rings. The minimum atomic E-state index is -3.64. The predicted octanol–water partition coefficient (Wildman–Crippen LogP) is 5.33. The van der Waals surface area contributed by atoms with Gasteiger partial charge in [-0.3, -0.25) is 10.1 Å². The molecule has 1 atom stereocenters. The first kappa shape index (κ1) is 27.1. The summed E-state index contributed by atoms with van der Waals surface area (Å²) in [7, 11) is -3.64. The molecule has 12 heteroatoms. The fourth-order valence-corrected chi connectivity index (χ4v) is 5.56. The van der Waals surface area contributed by atoms with Crippen molar-refractivity contribution in [1.82, 2.24) is 9.29 Å². The molecule has 0 fully saturated rings. The van der Waals surface area contributed by atoms with E-state index in [0.29, 0.717) is 34.0 Å². The van der Waals surface area contributed by atoms with E-state index in [1.54, 1.807) is 37.4 Å². The van der Waals surface area contributed by atoms with E-state index in [0.717, 1.165) is 5.56 Å². The number of ether oxygens (including phenoxy) is 1. The average molecular weight is 556 g/mol. The van der Waals surface area contributed by atoms with Crippen molar-refractivity contribution in [3.8, 4) is 11.3 Å². The highest BCUT2D eigenvalue weighted by Crippen LogP contribution is 2.30. The standard InChI is InChI=1S/C23H23Cl2N3O5S2/c1-4-28(5-2)35(31,32)17-9-6-15(7-10-17)22(30)33-14(3)21(29)27-23-26-20(13-34-23)16-8-11-18(24)19(25)12-16/h6-14H,4-5H2,1-3H3,(H,26,27,29). The van der Waals surface area contributed by atoms with Gasteiger partial charge in [-0.1, -0.05) is 43.1 Å². The summed E-state index contributed by atoms with van der Waals surface area (Å²) in [6.45, 7) is 5.60. The minimum Gasteiger partial charge on any atom is -0.449 e. The highest BCUT2D eigenvalue weighted by atomic mass is 35.5. The molecule has 0 spiro atoms. The molecule has 1 N–H and O–H groups in total. The average Bonchev–Trinajstić information content (AvgIpc) is 3.29. The van der Waals surface area contributed by atoms with Crippen LogP contribution in [0.3, 0.4) is 0 Å². The highest BCUT2D eigenvalue weighted by Gasteiger charge is 2.23. The van der Waals surface area contributed by atoms with Crippen LogP contribution >= 0.6 is 34.5 Å². The van der Waals surface area contributed by atoms with Gasteiger partial charge >= 0.3 is 5.97 Å². The number of halogens is 2. The smallest absolute Gasteiger partial charge is 0.338 e. The van der Waals surface area contributed by atoms with E-state index in [-0.39, 0.29) is 10.5 Å². The summed E-state index contributed by atoms with van der Waals surface area (Å²) < 4.78 is 31.7. The molecule has 35 heavy (non-hydrogen) atoms. The molecule has 2 aromatic carbocycles. The first-order valence-corrected chi connectivity index (χ1v) is 13.7. The van der Waals surface area contributed by atoms with Crippen molar-refractivity contribution in [1.29, 1.82) is 0 Å². The van der Waals surface area contributed by atoms with Gasteiger partial charge in [0.2, 0.25) is 10.0 Å². The lowest BCUT2D eigenvalue weighted by Gasteiger charge is -2.18. The second-order valence-electron chi connectivity index (χ2n) is 7.32. The Labute approximate surface area is 217 Å². The number of esters is 1. The fraction of sp³-hybridized carbons (Fsp3) is 0.261. The summed E-state index contributed by atoms with van der Waals surface area (Å²) in [6.07, 6.45) is -1.11. The summed E-state index contributed by atoms with van der Waals surface area (Å²) in [6, 6.07) is 10.5. The van der Waals surface area contributed by atoms with Gasteiger partial charge in [0, 0.05) is 24.0 Å². The number of rotatable bonds is 9. The third-order valence-corrected chi connectivity index (χ3v) is 8.60. The highest BCUT2D eigenvalue weighted by molar-refractivity contribution is 7.89. The molecular weight excluding hydrogens is 533 g/mol. The molecule has 0 saturated carbocycles. The van der Waals surface area contributed by atoms with Gasteiger partial charge in [0.1, 0.15) is 0 Å². The Morgan fingerprint density at radius 3 is 2.34 bits per heavy atom. The number of hydrogen-bond acceptors (Lipinski definition) is 7. The number of nitrogens with zero attached hydrogens (tertiary/aromatic N) is 2. The molecule has 1 heterocycles. The van der Waals surface area contributed by atoms with E-state index >= 15 is 0 Å². The number of carbonyl (C=O) groups excluding carboxylic acids is 2. The summed E-state index contributed by atoms with van der Waals surface area (Å²) in [5, 5.41) is 5.51. The maximum absolute atomic E-state index is 12.6. The lowest BCUT2D eigenvalue weighted by molar-refractivity contribution is -0.123. The van der Waals surface area contributed by atoms with E-state index in [1.807, 2.05) is 0 Å². The SMILES string of the molecule is CCN(CC)S(=O)(=O)c1ccc(C(=O)OC(C)C(=O)Nc2nc(-c3ccc(Cl)c(Cl)c3)cs2)cc1. The van der Waals surface area contributed by atoms with Crippen molar-refractivity contribution in [3.05, 3.63) is 63.5 Å². The minimum absolute atomic E-state index is 0.0742. The Bertz CT molecular complexity index is 1320. The molecule has 1 unspecified atom stereocenters. The van der Waals surface area contributed by atoms with Gasteiger partial charge in [0.25, 0.3) is 5.91 Å². The number of nitrogens with one attached hydrogen (secondary N) is 1. The number of thiazole rings is 1. The molecule has 1 aromatic heterocycles. The zero-order chi connectivity index (χ0) is 25.8. The zero-order valence-electron chi connectivity index (χ0n) is 19.1. The maximum atomic E-state index is 12.6. The maximum Gasteiger partial charge on any atom is 0.338 e. The third kappa shape index (κ3) is 6.39. The molecule has 0 aliphatic heterocycles. The van der Waals surface area contributed by atoms with Crippen LogP contribution in [0.5, 0.6) is 0 Å². The van der Waals surface area contributed by atoms with Crippen LogP contribution in [0, 0.1) is 0 Å². The van der Waals surface area contributed by atoms with Crippen molar-refractivity contribution in [2.24, 2.45) is 0 Å². The van der Waals surface area contributed by atoms with Crippen LogP contribution in [-0.4, -0.2) is 48.8 Å². The van der Waals surface area contributed by atoms with Crippen molar-refractivity contribution in [2.75, 3.05) is 18.4 Å². The van der Waals surface area contributed by atoms with Crippen molar-refractivity contribution < 1.29 is 22.7 Å². The van der Waals surface area contributed by atoms with Gasteiger partial charge in [0.05, 0.1) is 26.2 Å². The number of amides is 1. The third-order valence-electron chi connectivity index (χ3n) is 5.04. The van der Waals surface area contributed by atoms with E-state index in [9.17, 15) is 18.0 Å². The Hall–Kier alpha value is -2.50. The van der Waals surface area contributed by atoms with Gasteiger partial charge in [-0.05, 0) is 43.3 Å². The van der Waals surface area contributed by atoms with Gasteiger partial charge in [0.15, 0.2) is 11.2 Å². The lowest BCUT2D eigenvalue weighted by atomic mass is 10.2. The number of aromatic nitrogens is 1. The van der Waals surface area contributed by atoms with Crippen LogP contribution in [0.4, 0.5) is 5.13 Å². The molecule has 186 valence electrons. The van der Waals surface area contributed by atoms with Crippen LogP contribution in [0.25, 0.3) is 11.3 Å². The van der Waals surface area contributed by atoms with Crippen LogP contribution < -0.4 is 5.32 Å². The summed E-state index contributed by atoms with van der Waals surface area (Å²) in [5.74, 6) is -1.32. The van der Waals surface area contributed by atoms with Crippen molar-refractivity contribution >= 4 is 61.6 Å². The van der Waals surface area contributed by atoms with Crippen LogP contribution in [0.1, 0.15) is 31.1 Å². The Morgan fingerprint density at radius 2 is 1.74 bits per heavy atom. The quantitative estimate of drug-likeness (QED) is 0.357. The van der Waals surface area contributed by atoms with Gasteiger partial charge in [-0.2, -0.15) is 4.31 Å². The van der Waals surface area contributed by atoms with Crippen LogP contribution in [-0.2, 0) is 19.6 Å². The van der Waals surface area contributed by atoms with Crippen molar-refractivity contribution in [3.63, 3.8) is 0 Å². The van der Waals surface area contributed by atoms with Gasteiger partial charge < -0.3 is 4.74 Å². The number of benzene rings is 2. The molecule has 1 amide bonds. The summed E-state index contributed by atoms with van der Waals surface area (Å²) in [5.41, 5.74) is 1.47. The largest absolute Gasteiger partial charge is 0.449 e. The first-order valence-electron chi connectivity index (χ1n) is 10.6. The topological polar surface area (TPSA) is 106 Å². The fourth-order valence-electron chi connectivity index (χ4n) is 3.08. The van der Waals surface area contributed by atoms with Crippen LogP contribution in [0.15, 0.2) is 52.7 Å². The molecule has 0 aliphatic carbocycles. The Kier molecular flexibility index (Phi) is 8.89. The predicted molar refractivity (Wildman–Crippen MR) is 138 cm³/mol. The molecule has 3 aromatic rings. The Morgan fingerprint density at radius 1 is 1.09 bits per heavy atom. The van der Waals surface area contributed by atoms with E-state index < -0.39 is 28.0 Å². The zero-order valence-corrected chi connectivity index (χ0v) is 22.3. The van der Waals surface area contributed by atoms with E-state index in [4.69, 9.17) is 27.9 Å². The molecule has 0 saturated heterocycles. The monoisotopic (exact) mass is 555 g/mol. The number of sulfonamides is 1. The molecule has 0 bridgehead atoms. The Balaban J connectivity index is 1.62. The number of carbonyl (C=O) groups is 2.